The molecule has 0 aliphatic heterocycles. The molecule has 0 fully saturated rings. The van der Waals surface area contributed by atoms with Crippen molar-refractivity contribution < 1.29 is 0 Å². The highest BCUT2D eigenvalue weighted by Gasteiger charge is 2.11. The zero-order valence-corrected chi connectivity index (χ0v) is 18.1. The van der Waals surface area contributed by atoms with Crippen molar-refractivity contribution in [1.82, 2.24) is 0 Å². The first-order valence-electron chi connectivity index (χ1n) is 8.44. The molecule has 0 aliphatic rings. The maximum Gasteiger partial charge on any atom is 0.0658 e. The maximum absolute atomic E-state index is 2.28. The Morgan fingerprint density at radius 3 is 1.20 bits per heavy atom. The van der Waals surface area contributed by atoms with Crippen LogP contribution >= 0.6 is 34.9 Å². The molecule has 0 unspecified atom stereocenters. The second-order valence-corrected chi connectivity index (χ2v) is 10.4. The van der Waals surface area contributed by atoms with Crippen molar-refractivity contribution in [3.8, 4) is 0 Å². The Bertz CT molecular complexity index is 799. The minimum atomic E-state index is 1.34. The van der Waals surface area contributed by atoms with E-state index in [9.17, 15) is 0 Å². The average molecular weight is 385 g/mol. The number of rotatable bonds is 4. The molecule has 0 N–H and O–H groups in total. The van der Waals surface area contributed by atoms with E-state index in [0.717, 1.165) is 0 Å². The Morgan fingerprint density at radius 2 is 0.880 bits per heavy atom. The lowest BCUT2D eigenvalue weighted by Gasteiger charge is -2.10. The molecule has 2 aromatic carbocycles. The van der Waals surface area contributed by atoms with Crippen molar-refractivity contribution in [2.24, 2.45) is 0 Å². The standard InChI is InChI=1S/C22H24S3/c1-13-9-15(3)21(16(4)10-13)24-19-7-8-20(23-19)25-22-17(5)11-14(2)12-18(22)6/h7-12H,1-6H3. The maximum atomic E-state index is 2.28. The van der Waals surface area contributed by atoms with E-state index in [0.29, 0.717) is 0 Å². The van der Waals surface area contributed by atoms with Gasteiger partial charge < -0.3 is 0 Å². The van der Waals surface area contributed by atoms with Crippen LogP contribution in [0.4, 0.5) is 0 Å². The quantitative estimate of drug-likeness (QED) is 0.448. The summed E-state index contributed by atoms with van der Waals surface area (Å²) in [7, 11) is 0. The van der Waals surface area contributed by atoms with Gasteiger partial charge in [0.15, 0.2) is 0 Å². The van der Waals surface area contributed by atoms with Gasteiger partial charge in [0.25, 0.3) is 0 Å². The Labute approximate surface area is 164 Å². The SMILES string of the molecule is Cc1cc(C)c(Sc2ccc(Sc3c(C)cc(C)cc3C)s2)c(C)c1. The zero-order valence-electron chi connectivity index (χ0n) is 15.7. The topological polar surface area (TPSA) is 0 Å². The molecule has 0 aliphatic carbocycles. The Hall–Kier alpha value is -1.16. The summed E-state index contributed by atoms with van der Waals surface area (Å²) in [5, 5.41) is 0. The van der Waals surface area contributed by atoms with Gasteiger partial charge in [-0.05, 0) is 75.9 Å². The molecule has 0 spiro atoms. The minimum Gasteiger partial charge on any atom is -0.122 e. The zero-order chi connectivity index (χ0) is 18.1. The lowest BCUT2D eigenvalue weighted by atomic mass is 10.1. The lowest BCUT2D eigenvalue weighted by molar-refractivity contribution is 1.19. The van der Waals surface area contributed by atoms with Gasteiger partial charge in [0, 0.05) is 9.79 Å². The summed E-state index contributed by atoms with van der Waals surface area (Å²) in [6.45, 7) is 13.2. The van der Waals surface area contributed by atoms with Gasteiger partial charge in [-0.3, -0.25) is 0 Å². The van der Waals surface area contributed by atoms with Gasteiger partial charge in [0.1, 0.15) is 0 Å². The second-order valence-electron chi connectivity index (χ2n) is 6.73. The van der Waals surface area contributed by atoms with Crippen LogP contribution in [0, 0.1) is 41.5 Å². The lowest BCUT2D eigenvalue weighted by Crippen LogP contribution is -1.87. The van der Waals surface area contributed by atoms with Crippen LogP contribution in [0.25, 0.3) is 0 Å². The van der Waals surface area contributed by atoms with Crippen LogP contribution in [0.3, 0.4) is 0 Å². The Morgan fingerprint density at radius 1 is 0.560 bits per heavy atom. The van der Waals surface area contributed by atoms with Crippen LogP contribution in [0.5, 0.6) is 0 Å². The second kappa shape index (κ2) is 7.61. The van der Waals surface area contributed by atoms with Crippen molar-refractivity contribution in [1.29, 1.82) is 0 Å². The average Bonchev–Trinajstić information content (AvgIpc) is 2.94. The van der Waals surface area contributed by atoms with E-state index in [4.69, 9.17) is 0 Å². The molecule has 0 bridgehead atoms. The number of aryl methyl sites for hydroxylation is 6. The third-order valence-electron chi connectivity index (χ3n) is 4.17. The fourth-order valence-electron chi connectivity index (χ4n) is 3.27. The molecule has 1 heterocycles. The van der Waals surface area contributed by atoms with Crippen molar-refractivity contribution in [2.75, 3.05) is 0 Å². The third-order valence-corrected chi connectivity index (χ3v) is 8.22. The molecule has 0 atom stereocenters. The third kappa shape index (κ3) is 4.33. The summed E-state index contributed by atoms with van der Waals surface area (Å²) in [5.74, 6) is 0. The van der Waals surface area contributed by atoms with Crippen LogP contribution in [0.2, 0.25) is 0 Å². The van der Waals surface area contributed by atoms with Crippen LogP contribution in [-0.4, -0.2) is 0 Å². The van der Waals surface area contributed by atoms with Crippen molar-refractivity contribution in [3.63, 3.8) is 0 Å². The molecule has 1 aromatic heterocycles. The Balaban J connectivity index is 1.82. The molecule has 25 heavy (non-hydrogen) atoms. The fraction of sp³-hybridized carbons (Fsp3) is 0.273. The van der Waals surface area contributed by atoms with Gasteiger partial charge in [-0.2, -0.15) is 0 Å². The molecule has 130 valence electrons. The molecule has 0 amide bonds. The first-order chi connectivity index (χ1) is 11.8. The molecule has 3 aromatic rings. The minimum absolute atomic E-state index is 1.34. The molecular formula is C22H24S3. The summed E-state index contributed by atoms with van der Waals surface area (Å²) in [5.41, 5.74) is 8.16. The molecule has 0 saturated carbocycles. The molecular weight excluding hydrogens is 360 g/mol. The van der Waals surface area contributed by atoms with E-state index in [1.165, 1.54) is 51.6 Å². The number of hydrogen-bond donors (Lipinski definition) is 0. The van der Waals surface area contributed by atoms with Gasteiger partial charge in [0.2, 0.25) is 0 Å². The van der Waals surface area contributed by atoms with Crippen LogP contribution in [-0.2, 0) is 0 Å². The van der Waals surface area contributed by atoms with Gasteiger partial charge in [-0.1, -0.05) is 58.9 Å². The molecule has 0 radical (unpaired) electrons. The van der Waals surface area contributed by atoms with E-state index in [-0.39, 0.29) is 0 Å². The number of hydrogen-bond acceptors (Lipinski definition) is 3. The summed E-state index contributed by atoms with van der Waals surface area (Å²) in [6.07, 6.45) is 0. The molecule has 3 rings (SSSR count). The van der Waals surface area contributed by atoms with Gasteiger partial charge in [0.05, 0.1) is 8.42 Å². The summed E-state index contributed by atoms with van der Waals surface area (Å²) < 4.78 is 2.72. The van der Waals surface area contributed by atoms with E-state index in [1.54, 1.807) is 0 Å². The number of benzene rings is 2. The molecule has 0 saturated heterocycles. The van der Waals surface area contributed by atoms with Crippen molar-refractivity contribution >= 4 is 34.9 Å². The van der Waals surface area contributed by atoms with Crippen molar-refractivity contribution in [3.05, 3.63) is 69.8 Å². The predicted octanol–water partition coefficient (Wildman–Crippen LogP) is 7.90. The normalized spacial score (nSPS) is 11.1. The van der Waals surface area contributed by atoms with Crippen LogP contribution < -0.4 is 0 Å². The van der Waals surface area contributed by atoms with Crippen molar-refractivity contribution in [2.45, 2.75) is 59.8 Å². The van der Waals surface area contributed by atoms with Gasteiger partial charge in [-0.15, -0.1) is 11.3 Å². The smallest absolute Gasteiger partial charge is 0.0658 e. The number of thiophene rings is 1. The first-order valence-corrected chi connectivity index (χ1v) is 10.9. The highest BCUT2D eigenvalue weighted by atomic mass is 32.2. The van der Waals surface area contributed by atoms with E-state index in [2.05, 4.69) is 77.9 Å². The summed E-state index contributed by atoms with van der Waals surface area (Å²) in [6, 6.07) is 13.6. The predicted molar refractivity (Wildman–Crippen MR) is 114 cm³/mol. The van der Waals surface area contributed by atoms with E-state index in [1.807, 2.05) is 34.9 Å². The molecule has 3 heteroatoms. The van der Waals surface area contributed by atoms with Gasteiger partial charge >= 0.3 is 0 Å². The summed E-state index contributed by atoms with van der Waals surface area (Å²) in [4.78, 5) is 2.79. The van der Waals surface area contributed by atoms with E-state index < -0.39 is 0 Å². The first kappa shape index (κ1) is 18.6. The molecule has 0 nitrogen and oxygen atoms in total. The van der Waals surface area contributed by atoms with Crippen LogP contribution in [0.15, 0.2) is 54.6 Å². The Kier molecular flexibility index (Phi) is 5.67. The monoisotopic (exact) mass is 384 g/mol. The van der Waals surface area contributed by atoms with Gasteiger partial charge in [-0.25, -0.2) is 0 Å². The van der Waals surface area contributed by atoms with E-state index >= 15 is 0 Å². The largest absolute Gasteiger partial charge is 0.122 e. The highest BCUT2D eigenvalue weighted by Crippen LogP contribution is 2.43. The highest BCUT2D eigenvalue weighted by molar-refractivity contribution is 8.03. The van der Waals surface area contributed by atoms with Crippen LogP contribution in [0.1, 0.15) is 33.4 Å². The fourth-order valence-corrected chi connectivity index (χ4v) is 6.82. The summed E-state index contributed by atoms with van der Waals surface area (Å²) >= 11 is 5.69.